The summed E-state index contributed by atoms with van der Waals surface area (Å²) in [6.07, 6.45) is 1.20. The summed E-state index contributed by atoms with van der Waals surface area (Å²) in [7, 11) is 0. The smallest absolute Gasteiger partial charge is 0.258 e. The van der Waals surface area contributed by atoms with E-state index in [-0.39, 0.29) is 18.4 Å². The van der Waals surface area contributed by atoms with Crippen LogP contribution in [-0.4, -0.2) is 31.6 Å². The lowest BCUT2D eigenvalue weighted by Crippen LogP contribution is -2.32. The van der Waals surface area contributed by atoms with E-state index in [1.54, 1.807) is 12.1 Å². The highest BCUT2D eigenvalue weighted by Crippen LogP contribution is 2.26. The van der Waals surface area contributed by atoms with Crippen LogP contribution in [0.15, 0.2) is 46.9 Å². The van der Waals surface area contributed by atoms with Crippen LogP contribution in [0.25, 0.3) is 0 Å². The Morgan fingerprint density at radius 3 is 2.81 bits per heavy atom. The maximum Gasteiger partial charge on any atom is 0.258 e. The first-order chi connectivity index (χ1) is 12.6. The van der Waals surface area contributed by atoms with Gasteiger partial charge in [-0.3, -0.25) is 9.59 Å². The fraction of sp³-hybridized carbons (Fsp3) is 0.263. The summed E-state index contributed by atoms with van der Waals surface area (Å²) < 4.78 is 12.0. The molecule has 0 aromatic heterocycles. The second-order valence-electron chi connectivity index (χ2n) is 5.81. The zero-order valence-electron chi connectivity index (χ0n) is 14.1. The van der Waals surface area contributed by atoms with Gasteiger partial charge >= 0.3 is 0 Å². The molecule has 2 N–H and O–H groups in total. The molecule has 3 rings (SSSR count). The molecule has 7 heteroatoms. The van der Waals surface area contributed by atoms with Crippen LogP contribution in [-0.2, 0) is 16.0 Å². The summed E-state index contributed by atoms with van der Waals surface area (Å²) in [6.45, 7) is 0.692. The minimum absolute atomic E-state index is 0.0407. The molecule has 6 nitrogen and oxygen atoms in total. The quantitative estimate of drug-likeness (QED) is 0.677. The number of hydrogen-bond acceptors (Lipinski definition) is 4. The molecule has 136 valence electrons. The number of fused-ring (bicyclic) bond motifs is 1. The molecule has 0 saturated carbocycles. The summed E-state index contributed by atoms with van der Waals surface area (Å²) in [4.78, 5) is 23.1. The van der Waals surface area contributed by atoms with Crippen LogP contribution in [0.4, 0.5) is 5.69 Å². The number of anilines is 1. The fourth-order valence-corrected chi connectivity index (χ4v) is 2.94. The van der Waals surface area contributed by atoms with Crippen LogP contribution < -0.4 is 20.1 Å². The van der Waals surface area contributed by atoms with E-state index in [4.69, 9.17) is 9.47 Å². The van der Waals surface area contributed by atoms with Gasteiger partial charge in [0.1, 0.15) is 18.1 Å². The van der Waals surface area contributed by atoms with Crippen molar-refractivity contribution in [3.63, 3.8) is 0 Å². The summed E-state index contributed by atoms with van der Waals surface area (Å²) in [5, 5.41) is 5.58. The van der Waals surface area contributed by atoms with Gasteiger partial charge in [-0.2, -0.15) is 0 Å². The normalized spacial score (nSPS) is 12.7. The number of ether oxygens (including phenoxy) is 2. The van der Waals surface area contributed by atoms with E-state index in [9.17, 15) is 9.59 Å². The molecule has 0 bridgehead atoms. The molecule has 1 aliphatic heterocycles. The number of aryl methyl sites for hydroxylation is 1. The molecule has 0 radical (unpaired) electrons. The van der Waals surface area contributed by atoms with Gasteiger partial charge in [0.25, 0.3) is 5.91 Å². The first kappa shape index (κ1) is 18.3. The highest BCUT2D eigenvalue weighted by molar-refractivity contribution is 9.10. The van der Waals surface area contributed by atoms with Gasteiger partial charge in [-0.25, -0.2) is 0 Å². The standard InChI is InChI=1S/C19H19BrN2O4/c20-14-2-1-3-15(11-14)26-12-19(24)21-8-9-25-16-5-6-17-13(10-16)4-7-18(23)22-17/h1-3,5-6,10-11H,4,7-9,12H2,(H,21,24)(H,22,23). The van der Waals surface area contributed by atoms with Crippen molar-refractivity contribution in [2.75, 3.05) is 25.1 Å². The van der Waals surface area contributed by atoms with Crippen LogP contribution in [0, 0.1) is 0 Å². The van der Waals surface area contributed by atoms with Gasteiger partial charge < -0.3 is 20.1 Å². The second kappa shape index (κ2) is 8.71. The maximum absolute atomic E-state index is 11.8. The Morgan fingerprint density at radius 1 is 1.12 bits per heavy atom. The number of amides is 2. The van der Waals surface area contributed by atoms with Crippen LogP contribution in [0.3, 0.4) is 0 Å². The monoisotopic (exact) mass is 418 g/mol. The van der Waals surface area contributed by atoms with Crippen molar-refractivity contribution in [2.24, 2.45) is 0 Å². The summed E-state index contributed by atoms with van der Waals surface area (Å²) >= 11 is 3.35. The molecule has 2 amide bonds. The average Bonchev–Trinajstić information content (AvgIpc) is 2.63. The van der Waals surface area contributed by atoms with E-state index >= 15 is 0 Å². The fourth-order valence-electron chi connectivity index (χ4n) is 2.57. The lowest BCUT2D eigenvalue weighted by molar-refractivity contribution is -0.123. The van der Waals surface area contributed by atoms with Crippen molar-refractivity contribution in [1.29, 1.82) is 0 Å². The van der Waals surface area contributed by atoms with Crippen LogP contribution in [0.2, 0.25) is 0 Å². The van der Waals surface area contributed by atoms with Gasteiger partial charge in [-0.05, 0) is 48.4 Å². The van der Waals surface area contributed by atoms with E-state index in [1.807, 2.05) is 30.3 Å². The highest BCUT2D eigenvalue weighted by atomic mass is 79.9. The van der Waals surface area contributed by atoms with Gasteiger partial charge in [0, 0.05) is 16.6 Å². The number of hydrogen-bond donors (Lipinski definition) is 2. The molecular formula is C19H19BrN2O4. The van der Waals surface area contributed by atoms with Gasteiger partial charge in [0.2, 0.25) is 5.91 Å². The number of carbonyl (C=O) groups excluding carboxylic acids is 2. The Kier molecular flexibility index (Phi) is 6.12. The largest absolute Gasteiger partial charge is 0.492 e. The molecule has 0 saturated heterocycles. The van der Waals surface area contributed by atoms with Gasteiger partial charge in [-0.15, -0.1) is 0 Å². The van der Waals surface area contributed by atoms with Gasteiger partial charge in [-0.1, -0.05) is 22.0 Å². The Bertz CT molecular complexity index is 810. The van der Waals surface area contributed by atoms with E-state index < -0.39 is 0 Å². The van der Waals surface area contributed by atoms with Crippen molar-refractivity contribution in [1.82, 2.24) is 5.32 Å². The van der Waals surface area contributed by atoms with Crippen molar-refractivity contribution in [2.45, 2.75) is 12.8 Å². The van der Waals surface area contributed by atoms with Crippen molar-refractivity contribution < 1.29 is 19.1 Å². The van der Waals surface area contributed by atoms with Crippen molar-refractivity contribution in [3.05, 3.63) is 52.5 Å². The van der Waals surface area contributed by atoms with Crippen LogP contribution >= 0.6 is 15.9 Å². The third kappa shape index (κ3) is 5.23. The average molecular weight is 419 g/mol. The Hall–Kier alpha value is -2.54. The molecule has 0 unspecified atom stereocenters. The number of nitrogens with one attached hydrogen (secondary N) is 2. The predicted octanol–water partition coefficient (Wildman–Crippen LogP) is 2.91. The Balaban J connectivity index is 1.37. The molecule has 0 aliphatic carbocycles. The minimum atomic E-state index is -0.207. The van der Waals surface area contributed by atoms with Crippen molar-refractivity contribution >= 4 is 33.4 Å². The van der Waals surface area contributed by atoms with E-state index in [1.165, 1.54) is 0 Å². The van der Waals surface area contributed by atoms with E-state index in [0.29, 0.717) is 31.7 Å². The third-order valence-corrected chi connectivity index (χ3v) is 4.32. The van der Waals surface area contributed by atoms with Gasteiger partial charge in [0.05, 0.1) is 6.54 Å². The van der Waals surface area contributed by atoms with E-state index in [0.717, 1.165) is 21.5 Å². The van der Waals surface area contributed by atoms with Gasteiger partial charge in [0.15, 0.2) is 6.61 Å². The topological polar surface area (TPSA) is 76.7 Å². The number of benzene rings is 2. The zero-order valence-corrected chi connectivity index (χ0v) is 15.7. The Morgan fingerprint density at radius 2 is 1.96 bits per heavy atom. The number of halogens is 1. The molecule has 2 aromatic carbocycles. The first-order valence-corrected chi connectivity index (χ1v) is 9.10. The Labute approximate surface area is 160 Å². The lowest BCUT2D eigenvalue weighted by atomic mass is 10.0. The molecule has 1 aliphatic rings. The summed E-state index contributed by atoms with van der Waals surface area (Å²) in [6, 6.07) is 12.9. The molecule has 0 fully saturated rings. The van der Waals surface area contributed by atoms with Crippen molar-refractivity contribution in [3.8, 4) is 11.5 Å². The SMILES string of the molecule is O=C(COc1cccc(Br)c1)NCCOc1ccc2c(c1)CCC(=O)N2. The van der Waals surface area contributed by atoms with E-state index in [2.05, 4.69) is 26.6 Å². The first-order valence-electron chi connectivity index (χ1n) is 8.31. The summed E-state index contributed by atoms with van der Waals surface area (Å²) in [5.41, 5.74) is 1.90. The second-order valence-corrected chi connectivity index (χ2v) is 6.73. The molecule has 0 atom stereocenters. The number of carbonyl (C=O) groups is 2. The number of rotatable bonds is 7. The molecule has 0 spiro atoms. The predicted molar refractivity (Wildman–Crippen MR) is 102 cm³/mol. The highest BCUT2D eigenvalue weighted by Gasteiger charge is 2.15. The molecule has 1 heterocycles. The third-order valence-electron chi connectivity index (χ3n) is 3.83. The molecular weight excluding hydrogens is 400 g/mol. The van der Waals surface area contributed by atoms with Crippen LogP contribution in [0.1, 0.15) is 12.0 Å². The maximum atomic E-state index is 11.8. The molecule has 2 aromatic rings. The zero-order chi connectivity index (χ0) is 18.4. The van der Waals surface area contributed by atoms with Crippen LogP contribution in [0.5, 0.6) is 11.5 Å². The summed E-state index contributed by atoms with van der Waals surface area (Å²) in [5.74, 6) is 1.19. The minimum Gasteiger partial charge on any atom is -0.492 e. The lowest BCUT2D eigenvalue weighted by Gasteiger charge is -2.17. The molecule has 26 heavy (non-hydrogen) atoms.